The summed E-state index contributed by atoms with van der Waals surface area (Å²) >= 11 is 0. The van der Waals surface area contributed by atoms with Crippen molar-refractivity contribution in [3.63, 3.8) is 0 Å². The van der Waals surface area contributed by atoms with Crippen LogP contribution in [0.25, 0.3) is 0 Å². The lowest BCUT2D eigenvalue weighted by Gasteiger charge is -2.12. The second-order valence-corrected chi connectivity index (χ2v) is 5.04. The van der Waals surface area contributed by atoms with E-state index in [-0.39, 0.29) is 11.8 Å². The third-order valence-electron chi connectivity index (χ3n) is 3.53. The van der Waals surface area contributed by atoms with Crippen LogP contribution in [-0.2, 0) is 9.53 Å². The van der Waals surface area contributed by atoms with Crippen molar-refractivity contribution in [2.24, 2.45) is 5.92 Å². The van der Waals surface area contributed by atoms with Gasteiger partial charge < -0.3 is 14.8 Å². The molecule has 0 aromatic heterocycles. The lowest BCUT2D eigenvalue weighted by atomic mass is 10.1. The Labute approximate surface area is 120 Å². The van der Waals surface area contributed by atoms with Crippen molar-refractivity contribution >= 4 is 11.6 Å². The number of benzene rings is 1. The number of ether oxygens (including phenoxy) is 2. The molecule has 4 nitrogen and oxygen atoms in total. The number of rotatable bonds is 7. The van der Waals surface area contributed by atoms with Gasteiger partial charge in [-0.3, -0.25) is 4.79 Å². The molecule has 2 rings (SSSR count). The molecule has 0 atom stereocenters. The summed E-state index contributed by atoms with van der Waals surface area (Å²) in [4.78, 5) is 12.1. The number of hydrogen-bond acceptors (Lipinski definition) is 3. The van der Waals surface area contributed by atoms with Crippen molar-refractivity contribution in [3.8, 4) is 5.75 Å². The van der Waals surface area contributed by atoms with Crippen LogP contribution >= 0.6 is 0 Å². The quantitative estimate of drug-likeness (QED) is 0.778. The fraction of sp³-hybridized carbons (Fsp3) is 0.562. The number of hydrogen-bond donors (Lipinski definition) is 1. The smallest absolute Gasteiger partial charge is 0.227 e. The van der Waals surface area contributed by atoms with Crippen LogP contribution in [0, 0.1) is 5.92 Å². The Morgan fingerprint density at radius 1 is 1.30 bits per heavy atom. The SMILES string of the molecule is CCOCCOc1cccc(NC(=O)C2CCCC2)c1. The number of amides is 1. The normalized spacial score (nSPS) is 15.2. The Bertz CT molecular complexity index is 427. The van der Waals surface area contributed by atoms with Gasteiger partial charge in [0.15, 0.2) is 0 Å². The standard InChI is InChI=1S/C16H23NO3/c1-2-19-10-11-20-15-9-5-8-14(12-15)17-16(18)13-6-3-4-7-13/h5,8-9,12-13H,2-4,6-7,10-11H2,1H3,(H,17,18). The molecule has 0 unspecified atom stereocenters. The zero-order chi connectivity index (χ0) is 14.2. The topological polar surface area (TPSA) is 47.6 Å². The van der Waals surface area contributed by atoms with E-state index in [9.17, 15) is 4.79 Å². The molecule has 1 saturated carbocycles. The highest BCUT2D eigenvalue weighted by molar-refractivity contribution is 5.92. The molecule has 110 valence electrons. The summed E-state index contributed by atoms with van der Waals surface area (Å²) < 4.78 is 10.8. The maximum atomic E-state index is 12.1. The van der Waals surface area contributed by atoms with Crippen molar-refractivity contribution in [3.05, 3.63) is 24.3 Å². The maximum absolute atomic E-state index is 12.1. The van der Waals surface area contributed by atoms with Gasteiger partial charge in [0.1, 0.15) is 12.4 Å². The van der Waals surface area contributed by atoms with Crippen LogP contribution in [0.3, 0.4) is 0 Å². The summed E-state index contributed by atoms with van der Waals surface area (Å²) in [7, 11) is 0. The summed E-state index contributed by atoms with van der Waals surface area (Å²) in [5.41, 5.74) is 0.802. The zero-order valence-corrected chi connectivity index (χ0v) is 12.1. The fourth-order valence-electron chi connectivity index (χ4n) is 2.46. The minimum Gasteiger partial charge on any atom is -0.491 e. The van der Waals surface area contributed by atoms with Crippen LogP contribution in [0.15, 0.2) is 24.3 Å². The fourth-order valence-corrected chi connectivity index (χ4v) is 2.46. The molecule has 1 aromatic carbocycles. The Hall–Kier alpha value is -1.55. The largest absolute Gasteiger partial charge is 0.491 e. The van der Waals surface area contributed by atoms with E-state index in [1.807, 2.05) is 31.2 Å². The monoisotopic (exact) mass is 277 g/mol. The van der Waals surface area contributed by atoms with E-state index < -0.39 is 0 Å². The Morgan fingerprint density at radius 3 is 2.85 bits per heavy atom. The zero-order valence-electron chi connectivity index (χ0n) is 12.1. The van der Waals surface area contributed by atoms with Crippen molar-refractivity contribution in [2.45, 2.75) is 32.6 Å². The number of anilines is 1. The number of nitrogens with one attached hydrogen (secondary N) is 1. The summed E-state index contributed by atoms with van der Waals surface area (Å²) in [6.45, 7) is 3.75. The lowest BCUT2D eigenvalue weighted by molar-refractivity contribution is -0.119. The Morgan fingerprint density at radius 2 is 2.10 bits per heavy atom. The predicted octanol–water partition coefficient (Wildman–Crippen LogP) is 3.23. The van der Waals surface area contributed by atoms with E-state index >= 15 is 0 Å². The summed E-state index contributed by atoms with van der Waals surface area (Å²) in [6, 6.07) is 7.53. The van der Waals surface area contributed by atoms with Gasteiger partial charge >= 0.3 is 0 Å². The van der Waals surface area contributed by atoms with Gasteiger partial charge in [-0.15, -0.1) is 0 Å². The molecule has 1 N–H and O–H groups in total. The van der Waals surface area contributed by atoms with Gasteiger partial charge in [0.05, 0.1) is 6.61 Å². The van der Waals surface area contributed by atoms with E-state index in [0.717, 1.165) is 24.3 Å². The molecule has 0 saturated heterocycles. The van der Waals surface area contributed by atoms with Gasteiger partial charge in [0.2, 0.25) is 5.91 Å². The van der Waals surface area contributed by atoms with E-state index in [2.05, 4.69) is 5.32 Å². The van der Waals surface area contributed by atoms with E-state index in [0.29, 0.717) is 19.8 Å². The average Bonchev–Trinajstić information content (AvgIpc) is 2.98. The summed E-state index contributed by atoms with van der Waals surface area (Å²) in [5, 5.41) is 2.98. The van der Waals surface area contributed by atoms with E-state index in [4.69, 9.17) is 9.47 Å². The van der Waals surface area contributed by atoms with Gasteiger partial charge in [-0.05, 0) is 31.9 Å². The Balaban J connectivity index is 1.83. The molecule has 1 aromatic rings. The van der Waals surface area contributed by atoms with Crippen LogP contribution in [0.2, 0.25) is 0 Å². The van der Waals surface area contributed by atoms with E-state index in [1.165, 1.54) is 12.8 Å². The highest BCUT2D eigenvalue weighted by Gasteiger charge is 2.22. The number of carbonyl (C=O) groups excluding carboxylic acids is 1. The molecule has 20 heavy (non-hydrogen) atoms. The summed E-state index contributed by atoms with van der Waals surface area (Å²) in [5.74, 6) is 1.07. The molecular weight excluding hydrogens is 254 g/mol. The molecular formula is C16H23NO3. The van der Waals surface area contributed by atoms with Gasteiger partial charge in [0.25, 0.3) is 0 Å². The average molecular weight is 277 g/mol. The molecule has 0 radical (unpaired) electrons. The van der Waals surface area contributed by atoms with Crippen LogP contribution < -0.4 is 10.1 Å². The van der Waals surface area contributed by atoms with Crippen LogP contribution in [0.1, 0.15) is 32.6 Å². The third kappa shape index (κ3) is 4.53. The first kappa shape index (κ1) is 14.9. The molecule has 0 spiro atoms. The van der Waals surface area contributed by atoms with Gasteiger partial charge in [-0.2, -0.15) is 0 Å². The second kappa shape index (κ2) is 7.90. The summed E-state index contributed by atoms with van der Waals surface area (Å²) in [6.07, 6.45) is 4.35. The Kier molecular flexibility index (Phi) is 5.87. The second-order valence-electron chi connectivity index (χ2n) is 5.04. The molecule has 4 heteroatoms. The van der Waals surface area contributed by atoms with Crippen LogP contribution in [0.5, 0.6) is 5.75 Å². The first-order valence-electron chi connectivity index (χ1n) is 7.41. The number of carbonyl (C=O) groups is 1. The van der Waals surface area contributed by atoms with Crippen molar-refractivity contribution in [1.82, 2.24) is 0 Å². The molecule has 1 fully saturated rings. The predicted molar refractivity (Wildman–Crippen MR) is 79.0 cm³/mol. The molecule has 1 aliphatic rings. The first-order valence-corrected chi connectivity index (χ1v) is 7.41. The molecule has 0 heterocycles. The van der Waals surface area contributed by atoms with Crippen LogP contribution in [0.4, 0.5) is 5.69 Å². The van der Waals surface area contributed by atoms with Crippen LogP contribution in [-0.4, -0.2) is 25.7 Å². The highest BCUT2D eigenvalue weighted by Crippen LogP contribution is 2.26. The molecule has 1 amide bonds. The van der Waals surface area contributed by atoms with Gasteiger partial charge in [-0.1, -0.05) is 18.9 Å². The van der Waals surface area contributed by atoms with Crippen molar-refractivity contribution in [1.29, 1.82) is 0 Å². The third-order valence-corrected chi connectivity index (χ3v) is 3.53. The van der Waals surface area contributed by atoms with Crippen molar-refractivity contribution < 1.29 is 14.3 Å². The van der Waals surface area contributed by atoms with Gasteiger partial charge in [-0.25, -0.2) is 0 Å². The first-order chi connectivity index (χ1) is 9.79. The maximum Gasteiger partial charge on any atom is 0.227 e. The molecule has 0 bridgehead atoms. The molecule has 0 aliphatic heterocycles. The van der Waals surface area contributed by atoms with Crippen molar-refractivity contribution in [2.75, 3.05) is 25.1 Å². The molecule has 1 aliphatic carbocycles. The minimum absolute atomic E-state index is 0.133. The minimum atomic E-state index is 0.133. The van der Waals surface area contributed by atoms with Gasteiger partial charge in [0, 0.05) is 24.3 Å². The highest BCUT2D eigenvalue weighted by atomic mass is 16.5. The lowest BCUT2D eigenvalue weighted by Crippen LogP contribution is -2.20. The van der Waals surface area contributed by atoms with E-state index in [1.54, 1.807) is 0 Å².